The van der Waals surface area contributed by atoms with Crippen LogP contribution in [0.2, 0.25) is 0 Å². The first kappa shape index (κ1) is 10.5. The molecule has 0 radical (unpaired) electrons. The summed E-state index contributed by atoms with van der Waals surface area (Å²) in [4.78, 5) is 16.1. The van der Waals surface area contributed by atoms with Crippen LogP contribution in [0.4, 0.5) is 0 Å². The lowest BCUT2D eigenvalue weighted by Gasteiger charge is -2.06. The summed E-state index contributed by atoms with van der Waals surface area (Å²) in [6, 6.07) is 9.12. The second kappa shape index (κ2) is 3.96. The largest absolute Gasteiger partial charge is 0.438 e. The van der Waals surface area contributed by atoms with Crippen LogP contribution >= 0.6 is 15.9 Å². The Morgan fingerprint density at radius 2 is 2.18 bits per heavy atom. The predicted octanol–water partition coefficient (Wildman–Crippen LogP) is 3.38. The van der Waals surface area contributed by atoms with Gasteiger partial charge in [0.2, 0.25) is 5.88 Å². The summed E-state index contributed by atoms with van der Waals surface area (Å²) in [5.41, 5.74) is 1.42. The molecule has 2 aromatic rings. The van der Waals surface area contributed by atoms with Gasteiger partial charge in [0.25, 0.3) is 0 Å². The first-order valence-electron chi connectivity index (χ1n) is 5.18. The molecule has 0 spiro atoms. The zero-order valence-electron chi connectivity index (χ0n) is 8.81. The highest BCUT2D eigenvalue weighted by atomic mass is 79.9. The lowest BCUT2D eigenvalue weighted by Crippen LogP contribution is -2.02. The Labute approximate surface area is 107 Å². The number of carbonyl (C=O) groups is 1. The van der Waals surface area contributed by atoms with Crippen molar-refractivity contribution in [2.75, 3.05) is 0 Å². The van der Waals surface area contributed by atoms with Crippen LogP contribution in [0.5, 0.6) is 11.6 Å². The average Bonchev–Trinajstić information content (AvgIpc) is 2.46. The number of hydrogen-bond donors (Lipinski definition) is 0. The van der Waals surface area contributed by atoms with Crippen molar-refractivity contribution < 1.29 is 9.53 Å². The van der Waals surface area contributed by atoms with E-state index in [-0.39, 0.29) is 5.78 Å². The molecule has 0 amide bonds. The third-order valence-electron chi connectivity index (χ3n) is 2.65. The van der Waals surface area contributed by atoms with E-state index in [9.17, 15) is 4.79 Å². The van der Waals surface area contributed by atoms with Crippen molar-refractivity contribution in [3.05, 3.63) is 52.1 Å². The van der Waals surface area contributed by atoms with E-state index >= 15 is 0 Å². The van der Waals surface area contributed by atoms with E-state index in [1.165, 1.54) is 0 Å². The van der Waals surface area contributed by atoms with Gasteiger partial charge in [-0.1, -0.05) is 15.9 Å². The maximum Gasteiger partial charge on any atom is 0.230 e. The molecule has 3 nitrogen and oxygen atoms in total. The molecule has 1 aromatic carbocycles. The van der Waals surface area contributed by atoms with Crippen molar-refractivity contribution in [1.29, 1.82) is 0 Å². The summed E-state index contributed by atoms with van der Waals surface area (Å²) in [6.45, 7) is 0. The van der Waals surface area contributed by atoms with Gasteiger partial charge in [0.05, 0.1) is 5.56 Å². The molecule has 4 heteroatoms. The third kappa shape index (κ3) is 1.85. The topological polar surface area (TPSA) is 39.2 Å². The molecular formula is C13H8BrNO2. The number of nitrogens with zero attached hydrogens (tertiary/aromatic N) is 1. The quantitative estimate of drug-likeness (QED) is 0.746. The maximum absolute atomic E-state index is 12.0. The molecular weight excluding hydrogens is 282 g/mol. The Morgan fingerprint density at radius 3 is 3.06 bits per heavy atom. The van der Waals surface area contributed by atoms with Crippen LogP contribution in [0, 0.1) is 0 Å². The highest BCUT2D eigenvalue weighted by Gasteiger charge is 2.21. The third-order valence-corrected chi connectivity index (χ3v) is 3.14. The molecule has 0 N–H and O–H groups in total. The highest BCUT2D eigenvalue weighted by molar-refractivity contribution is 9.10. The lowest BCUT2D eigenvalue weighted by atomic mass is 10.0. The van der Waals surface area contributed by atoms with Gasteiger partial charge in [-0.15, -0.1) is 0 Å². The number of carbonyl (C=O) groups excluding carboxylic acids is 1. The van der Waals surface area contributed by atoms with Crippen molar-refractivity contribution in [1.82, 2.24) is 4.98 Å². The minimum atomic E-state index is 0.0324. The van der Waals surface area contributed by atoms with Crippen molar-refractivity contribution in [2.45, 2.75) is 6.42 Å². The molecule has 0 fully saturated rings. The van der Waals surface area contributed by atoms with Crippen LogP contribution in [0.3, 0.4) is 0 Å². The molecule has 0 aliphatic carbocycles. The Kier molecular flexibility index (Phi) is 2.44. The van der Waals surface area contributed by atoms with Crippen molar-refractivity contribution in [3.8, 4) is 11.6 Å². The Balaban J connectivity index is 2.17. The number of fused-ring (bicyclic) bond motifs is 2. The molecule has 1 aromatic heterocycles. The molecule has 1 aliphatic heterocycles. The summed E-state index contributed by atoms with van der Waals surface area (Å²) in [6.07, 6.45) is 1.96. The van der Waals surface area contributed by atoms with Crippen LogP contribution in [-0.2, 0) is 6.42 Å². The fraction of sp³-hybridized carbons (Fsp3) is 0.0769. The molecule has 17 heavy (non-hydrogen) atoms. The number of Topliss-reactive ketones (excluding diaryl/α,β-unsaturated/α-hetero) is 1. The van der Waals surface area contributed by atoms with Gasteiger partial charge in [-0.25, -0.2) is 4.98 Å². The van der Waals surface area contributed by atoms with Crippen LogP contribution < -0.4 is 4.74 Å². The predicted molar refractivity (Wildman–Crippen MR) is 66.5 cm³/mol. The number of hydrogen-bond acceptors (Lipinski definition) is 3. The number of halogens is 1. The highest BCUT2D eigenvalue weighted by Crippen LogP contribution is 2.33. The molecule has 1 aliphatic rings. The fourth-order valence-electron chi connectivity index (χ4n) is 1.84. The number of ether oxygens (including phenoxy) is 1. The molecule has 84 valence electrons. The van der Waals surface area contributed by atoms with Crippen LogP contribution in [0.15, 0.2) is 41.0 Å². The molecule has 0 saturated heterocycles. The first-order valence-corrected chi connectivity index (χ1v) is 5.98. The fourth-order valence-corrected chi connectivity index (χ4v) is 2.25. The van der Waals surface area contributed by atoms with E-state index in [2.05, 4.69) is 20.9 Å². The van der Waals surface area contributed by atoms with Gasteiger partial charge in [-0.3, -0.25) is 4.79 Å². The molecule has 2 heterocycles. The lowest BCUT2D eigenvalue weighted by molar-refractivity contribution is 0.0993. The summed E-state index contributed by atoms with van der Waals surface area (Å²) < 4.78 is 6.61. The summed E-state index contributed by atoms with van der Waals surface area (Å²) >= 11 is 3.39. The minimum absolute atomic E-state index is 0.0324. The van der Waals surface area contributed by atoms with Crippen LogP contribution in [0.25, 0.3) is 0 Å². The standard InChI is InChI=1S/C13H8BrNO2/c14-9-3-4-12-8(6-9)7-11(16)10-2-1-5-15-13(10)17-12/h1-6H,7H2. The summed E-state index contributed by atoms with van der Waals surface area (Å²) in [5.74, 6) is 1.11. The van der Waals surface area contributed by atoms with Gasteiger partial charge in [0, 0.05) is 22.7 Å². The molecule has 3 rings (SSSR count). The second-order valence-corrected chi connectivity index (χ2v) is 4.73. The number of aromatic nitrogens is 1. The Morgan fingerprint density at radius 1 is 1.29 bits per heavy atom. The smallest absolute Gasteiger partial charge is 0.230 e. The van der Waals surface area contributed by atoms with E-state index in [1.54, 1.807) is 18.3 Å². The van der Waals surface area contributed by atoms with Crippen LogP contribution in [-0.4, -0.2) is 10.8 Å². The summed E-state index contributed by atoms with van der Waals surface area (Å²) in [7, 11) is 0. The first-order chi connectivity index (χ1) is 8.24. The van der Waals surface area contributed by atoms with Gasteiger partial charge in [-0.2, -0.15) is 0 Å². The maximum atomic E-state index is 12.0. The molecule has 0 saturated carbocycles. The van der Waals surface area contributed by atoms with E-state index in [0.29, 0.717) is 23.6 Å². The SMILES string of the molecule is O=C1Cc2cc(Br)ccc2Oc2ncccc21. The zero-order chi connectivity index (χ0) is 11.8. The van der Waals surface area contributed by atoms with Crippen molar-refractivity contribution in [2.24, 2.45) is 0 Å². The minimum Gasteiger partial charge on any atom is -0.438 e. The normalized spacial score (nSPS) is 13.4. The van der Waals surface area contributed by atoms with Gasteiger partial charge in [0.15, 0.2) is 5.78 Å². The van der Waals surface area contributed by atoms with E-state index in [1.807, 2.05) is 18.2 Å². The molecule has 0 unspecified atom stereocenters. The number of ketones is 1. The van der Waals surface area contributed by atoms with E-state index in [0.717, 1.165) is 10.0 Å². The number of rotatable bonds is 0. The van der Waals surface area contributed by atoms with Crippen molar-refractivity contribution >= 4 is 21.7 Å². The van der Waals surface area contributed by atoms with Gasteiger partial charge < -0.3 is 4.74 Å². The van der Waals surface area contributed by atoms with E-state index in [4.69, 9.17) is 4.74 Å². The van der Waals surface area contributed by atoms with Crippen molar-refractivity contribution in [3.63, 3.8) is 0 Å². The number of benzene rings is 1. The van der Waals surface area contributed by atoms with Gasteiger partial charge >= 0.3 is 0 Å². The van der Waals surface area contributed by atoms with E-state index < -0.39 is 0 Å². The average molecular weight is 290 g/mol. The Hall–Kier alpha value is -1.68. The van der Waals surface area contributed by atoms with Gasteiger partial charge in [-0.05, 0) is 30.3 Å². The van der Waals surface area contributed by atoms with Gasteiger partial charge in [0.1, 0.15) is 5.75 Å². The Bertz CT molecular complexity index is 610. The number of pyridine rings is 1. The second-order valence-electron chi connectivity index (χ2n) is 3.81. The molecule has 0 bridgehead atoms. The summed E-state index contributed by atoms with van der Waals surface area (Å²) in [5, 5.41) is 0. The zero-order valence-corrected chi connectivity index (χ0v) is 10.4. The van der Waals surface area contributed by atoms with Crippen LogP contribution in [0.1, 0.15) is 15.9 Å². The molecule has 0 atom stereocenters. The monoisotopic (exact) mass is 289 g/mol.